The first-order valence-electron chi connectivity index (χ1n) is 5.42. The number of rotatable bonds is 4. The predicted molar refractivity (Wildman–Crippen MR) is 62.2 cm³/mol. The van der Waals surface area contributed by atoms with Gasteiger partial charge in [-0.2, -0.15) is 0 Å². The number of hydrogen-bond donors (Lipinski definition) is 1. The lowest BCUT2D eigenvalue weighted by Crippen LogP contribution is -1.98. The van der Waals surface area contributed by atoms with Crippen LogP contribution in [0, 0.1) is 0 Å². The SMILES string of the molecule is CCCCC(=O)c1cc2ccccc2[nH]1. The quantitative estimate of drug-likeness (QED) is 0.754. The highest BCUT2D eigenvalue weighted by Crippen LogP contribution is 2.16. The van der Waals surface area contributed by atoms with E-state index in [0.29, 0.717) is 6.42 Å². The maximum atomic E-state index is 11.7. The molecule has 15 heavy (non-hydrogen) atoms. The lowest BCUT2D eigenvalue weighted by molar-refractivity contribution is 0.0976. The number of ketones is 1. The topological polar surface area (TPSA) is 32.9 Å². The molecule has 0 bridgehead atoms. The van der Waals surface area contributed by atoms with Crippen molar-refractivity contribution >= 4 is 16.7 Å². The van der Waals surface area contributed by atoms with E-state index in [0.717, 1.165) is 29.4 Å². The van der Waals surface area contributed by atoms with Crippen LogP contribution in [0.5, 0.6) is 0 Å². The minimum atomic E-state index is 0.216. The zero-order chi connectivity index (χ0) is 10.7. The van der Waals surface area contributed by atoms with Crippen LogP contribution >= 0.6 is 0 Å². The maximum absolute atomic E-state index is 11.7. The van der Waals surface area contributed by atoms with Crippen molar-refractivity contribution in [3.63, 3.8) is 0 Å². The van der Waals surface area contributed by atoms with Crippen LogP contribution in [-0.2, 0) is 0 Å². The summed E-state index contributed by atoms with van der Waals surface area (Å²) in [5.41, 5.74) is 1.78. The summed E-state index contributed by atoms with van der Waals surface area (Å²) < 4.78 is 0. The Labute approximate surface area is 89.3 Å². The Balaban J connectivity index is 2.25. The van der Waals surface area contributed by atoms with Crippen LogP contribution in [0.3, 0.4) is 0 Å². The molecule has 0 spiro atoms. The molecule has 1 aromatic heterocycles. The summed E-state index contributed by atoms with van der Waals surface area (Å²) in [4.78, 5) is 14.9. The second-order valence-electron chi connectivity index (χ2n) is 3.80. The summed E-state index contributed by atoms with van der Waals surface area (Å²) in [6, 6.07) is 9.90. The van der Waals surface area contributed by atoms with Gasteiger partial charge in [-0.25, -0.2) is 0 Å². The molecule has 0 fully saturated rings. The minimum Gasteiger partial charge on any atom is -0.352 e. The highest BCUT2D eigenvalue weighted by Gasteiger charge is 2.07. The second-order valence-corrected chi connectivity index (χ2v) is 3.80. The number of hydrogen-bond acceptors (Lipinski definition) is 1. The van der Waals surface area contributed by atoms with Gasteiger partial charge in [0.1, 0.15) is 0 Å². The number of Topliss-reactive ketones (excluding diaryl/α,β-unsaturated/α-hetero) is 1. The molecule has 0 saturated heterocycles. The van der Waals surface area contributed by atoms with Gasteiger partial charge in [-0.3, -0.25) is 4.79 Å². The lowest BCUT2D eigenvalue weighted by atomic mass is 10.1. The van der Waals surface area contributed by atoms with Crippen molar-refractivity contribution in [2.75, 3.05) is 0 Å². The predicted octanol–water partition coefficient (Wildman–Crippen LogP) is 3.54. The molecule has 2 rings (SSSR count). The van der Waals surface area contributed by atoms with Crippen molar-refractivity contribution in [1.29, 1.82) is 0 Å². The maximum Gasteiger partial charge on any atom is 0.179 e. The van der Waals surface area contributed by atoms with Crippen molar-refractivity contribution in [3.05, 3.63) is 36.0 Å². The number of nitrogens with one attached hydrogen (secondary N) is 1. The van der Waals surface area contributed by atoms with Crippen molar-refractivity contribution in [2.45, 2.75) is 26.2 Å². The summed E-state index contributed by atoms with van der Waals surface area (Å²) in [6.07, 6.45) is 2.67. The fraction of sp³-hybridized carbons (Fsp3) is 0.308. The fourth-order valence-corrected chi connectivity index (χ4v) is 1.70. The Morgan fingerprint density at radius 1 is 1.33 bits per heavy atom. The van der Waals surface area contributed by atoms with Gasteiger partial charge in [-0.15, -0.1) is 0 Å². The van der Waals surface area contributed by atoms with Crippen LogP contribution in [0.2, 0.25) is 0 Å². The number of carbonyl (C=O) groups excluding carboxylic acids is 1. The van der Waals surface area contributed by atoms with E-state index >= 15 is 0 Å². The summed E-state index contributed by atoms with van der Waals surface area (Å²) in [6.45, 7) is 2.10. The fourth-order valence-electron chi connectivity index (χ4n) is 1.70. The average molecular weight is 201 g/mol. The van der Waals surface area contributed by atoms with Crippen molar-refractivity contribution in [1.82, 2.24) is 4.98 Å². The third kappa shape index (κ3) is 2.09. The van der Waals surface area contributed by atoms with Gasteiger partial charge < -0.3 is 4.98 Å². The van der Waals surface area contributed by atoms with Crippen LogP contribution in [0.4, 0.5) is 0 Å². The molecule has 0 aliphatic carbocycles. The molecule has 1 aromatic carbocycles. The Kier molecular flexibility index (Phi) is 2.86. The third-order valence-corrected chi connectivity index (χ3v) is 2.59. The van der Waals surface area contributed by atoms with Crippen molar-refractivity contribution in [3.8, 4) is 0 Å². The zero-order valence-corrected chi connectivity index (χ0v) is 8.92. The van der Waals surface area contributed by atoms with E-state index in [9.17, 15) is 4.79 Å². The van der Waals surface area contributed by atoms with Gasteiger partial charge in [0.15, 0.2) is 5.78 Å². The summed E-state index contributed by atoms with van der Waals surface area (Å²) in [7, 11) is 0. The molecule has 0 radical (unpaired) electrons. The number of aromatic nitrogens is 1. The van der Waals surface area contributed by atoms with Gasteiger partial charge in [0.2, 0.25) is 0 Å². The van der Waals surface area contributed by atoms with E-state index in [2.05, 4.69) is 11.9 Å². The van der Waals surface area contributed by atoms with Crippen LogP contribution in [-0.4, -0.2) is 10.8 Å². The van der Waals surface area contributed by atoms with Gasteiger partial charge in [-0.1, -0.05) is 31.5 Å². The number of aromatic amines is 1. The van der Waals surface area contributed by atoms with E-state index in [1.807, 2.05) is 30.3 Å². The molecule has 1 heterocycles. The highest BCUT2D eigenvalue weighted by atomic mass is 16.1. The van der Waals surface area contributed by atoms with Crippen LogP contribution in [0.25, 0.3) is 10.9 Å². The largest absolute Gasteiger partial charge is 0.352 e. The summed E-state index contributed by atoms with van der Waals surface area (Å²) in [5.74, 6) is 0.216. The molecule has 2 aromatic rings. The smallest absolute Gasteiger partial charge is 0.179 e. The third-order valence-electron chi connectivity index (χ3n) is 2.59. The number of para-hydroxylation sites is 1. The highest BCUT2D eigenvalue weighted by molar-refractivity contribution is 5.99. The normalized spacial score (nSPS) is 10.7. The summed E-state index contributed by atoms with van der Waals surface area (Å²) in [5, 5.41) is 1.11. The Morgan fingerprint density at radius 3 is 2.87 bits per heavy atom. The molecule has 0 amide bonds. The van der Waals surface area contributed by atoms with Crippen LogP contribution < -0.4 is 0 Å². The molecule has 1 N–H and O–H groups in total. The van der Waals surface area contributed by atoms with Gasteiger partial charge in [-0.05, 0) is 18.6 Å². The van der Waals surface area contributed by atoms with Crippen LogP contribution in [0.1, 0.15) is 36.7 Å². The molecule has 2 nitrogen and oxygen atoms in total. The van der Waals surface area contributed by atoms with Gasteiger partial charge in [0.05, 0.1) is 5.69 Å². The number of benzene rings is 1. The second kappa shape index (κ2) is 4.30. The van der Waals surface area contributed by atoms with Crippen molar-refractivity contribution < 1.29 is 4.79 Å². The Bertz CT molecular complexity index is 437. The lowest BCUT2D eigenvalue weighted by Gasteiger charge is -1.94. The molecular formula is C13H15NO. The molecule has 0 aliphatic heterocycles. The number of H-pyrrole nitrogens is 1. The first kappa shape index (κ1) is 9.97. The molecule has 0 unspecified atom stereocenters. The average Bonchev–Trinajstić information content (AvgIpc) is 2.69. The molecule has 0 aliphatic rings. The monoisotopic (exact) mass is 201 g/mol. The molecular weight excluding hydrogens is 186 g/mol. The van der Waals surface area contributed by atoms with Gasteiger partial charge >= 0.3 is 0 Å². The van der Waals surface area contributed by atoms with E-state index in [-0.39, 0.29) is 5.78 Å². The van der Waals surface area contributed by atoms with Gasteiger partial charge in [0.25, 0.3) is 0 Å². The minimum absolute atomic E-state index is 0.216. The molecule has 0 atom stereocenters. The van der Waals surface area contributed by atoms with Crippen molar-refractivity contribution in [2.24, 2.45) is 0 Å². The number of carbonyl (C=O) groups is 1. The summed E-state index contributed by atoms with van der Waals surface area (Å²) >= 11 is 0. The van der Waals surface area contributed by atoms with Crippen LogP contribution in [0.15, 0.2) is 30.3 Å². The molecule has 78 valence electrons. The number of unbranched alkanes of at least 4 members (excludes halogenated alkanes) is 1. The Hall–Kier alpha value is -1.57. The van der Waals surface area contributed by atoms with Gasteiger partial charge in [0, 0.05) is 17.3 Å². The molecule has 2 heteroatoms. The molecule has 0 saturated carbocycles. The standard InChI is InChI=1S/C13H15NO/c1-2-3-8-13(15)12-9-10-6-4-5-7-11(10)14-12/h4-7,9,14H,2-3,8H2,1H3. The first-order valence-corrected chi connectivity index (χ1v) is 5.42. The van der Waals surface area contributed by atoms with E-state index in [1.165, 1.54) is 0 Å². The van der Waals surface area contributed by atoms with E-state index < -0.39 is 0 Å². The number of fused-ring (bicyclic) bond motifs is 1. The van der Waals surface area contributed by atoms with E-state index in [1.54, 1.807) is 0 Å². The first-order chi connectivity index (χ1) is 7.31. The Morgan fingerprint density at radius 2 is 2.13 bits per heavy atom. The zero-order valence-electron chi connectivity index (χ0n) is 8.92. The van der Waals surface area contributed by atoms with E-state index in [4.69, 9.17) is 0 Å².